The van der Waals surface area contributed by atoms with Gasteiger partial charge in [-0.2, -0.15) is 0 Å². The summed E-state index contributed by atoms with van der Waals surface area (Å²) in [5, 5.41) is 3.29. The molecule has 76 valence electrons. The predicted molar refractivity (Wildman–Crippen MR) is 57.2 cm³/mol. The predicted octanol–water partition coefficient (Wildman–Crippen LogP) is 1.98. The van der Waals surface area contributed by atoms with E-state index in [0.717, 1.165) is 19.7 Å². The lowest BCUT2D eigenvalue weighted by Crippen LogP contribution is -2.45. The van der Waals surface area contributed by atoms with E-state index in [4.69, 9.17) is 4.74 Å². The van der Waals surface area contributed by atoms with E-state index in [9.17, 15) is 0 Å². The van der Waals surface area contributed by atoms with Crippen molar-refractivity contribution in [3.63, 3.8) is 0 Å². The van der Waals surface area contributed by atoms with Crippen LogP contribution in [-0.4, -0.2) is 19.7 Å². The molecule has 1 aliphatic heterocycles. The normalized spacial score (nSPS) is 18.9. The second-order valence-electron chi connectivity index (χ2n) is 3.70. The summed E-state index contributed by atoms with van der Waals surface area (Å²) in [4.78, 5) is 0. The maximum Gasteiger partial charge on any atom is 0.0877 e. The van der Waals surface area contributed by atoms with E-state index < -0.39 is 0 Å². The molecule has 2 heteroatoms. The summed E-state index contributed by atoms with van der Waals surface area (Å²) in [6.45, 7) is 5.01. The largest absolute Gasteiger partial charge is 0.373 e. The van der Waals surface area contributed by atoms with Crippen LogP contribution in [0.1, 0.15) is 18.6 Å². The van der Waals surface area contributed by atoms with Gasteiger partial charge in [-0.05, 0) is 12.5 Å². The molecule has 0 aromatic heterocycles. The average Bonchev–Trinajstić information content (AvgIpc) is 2.16. The van der Waals surface area contributed by atoms with Crippen LogP contribution in [0.4, 0.5) is 0 Å². The van der Waals surface area contributed by atoms with Gasteiger partial charge in [0, 0.05) is 25.6 Å². The monoisotopic (exact) mass is 191 g/mol. The maximum atomic E-state index is 5.79. The third-order valence-corrected chi connectivity index (χ3v) is 2.72. The molecule has 0 saturated carbocycles. The van der Waals surface area contributed by atoms with Gasteiger partial charge in [-0.25, -0.2) is 0 Å². The topological polar surface area (TPSA) is 21.3 Å². The van der Waals surface area contributed by atoms with Gasteiger partial charge in [0.1, 0.15) is 0 Å². The third kappa shape index (κ3) is 1.97. The van der Waals surface area contributed by atoms with Crippen LogP contribution < -0.4 is 5.32 Å². The van der Waals surface area contributed by atoms with E-state index in [1.807, 2.05) is 6.07 Å². The SMILES string of the molecule is CCOC(c1ccccc1)C1CNC1. The molecule has 0 radical (unpaired) electrons. The van der Waals surface area contributed by atoms with Gasteiger partial charge in [-0.15, -0.1) is 0 Å². The Morgan fingerprint density at radius 2 is 2.07 bits per heavy atom. The zero-order chi connectivity index (χ0) is 9.80. The van der Waals surface area contributed by atoms with Crippen LogP contribution in [0.25, 0.3) is 0 Å². The summed E-state index contributed by atoms with van der Waals surface area (Å²) >= 11 is 0. The van der Waals surface area contributed by atoms with Gasteiger partial charge in [-0.1, -0.05) is 30.3 Å². The van der Waals surface area contributed by atoms with Crippen LogP contribution in [0, 0.1) is 5.92 Å². The first kappa shape index (κ1) is 9.69. The fourth-order valence-corrected chi connectivity index (χ4v) is 1.85. The molecule has 1 heterocycles. The zero-order valence-electron chi connectivity index (χ0n) is 8.57. The van der Waals surface area contributed by atoms with Crippen LogP contribution in [0.15, 0.2) is 30.3 Å². The van der Waals surface area contributed by atoms with Crippen LogP contribution >= 0.6 is 0 Å². The second kappa shape index (κ2) is 4.58. The Morgan fingerprint density at radius 1 is 1.36 bits per heavy atom. The molecule has 0 spiro atoms. The Morgan fingerprint density at radius 3 is 2.57 bits per heavy atom. The minimum atomic E-state index is 0.280. The summed E-state index contributed by atoms with van der Waals surface area (Å²) in [7, 11) is 0. The van der Waals surface area contributed by atoms with E-state index in [1.165, 1.54) is 5.56 Å². The van der Waals surface area contributed by atoms with Gasteiger partial charge >= 0.3 is 0 Å². The van der Waals surface area contributed by atoms with Crippen molar-refractivity contribution in [1.82, 2.24) is 5.32 Å². The number of ether oxygens (including phenoxy) is 1. The third-order valence-electron chi connectivity index (χ3n) is 2.72. The number of benzene rings is 1. The van der Waals surface area contributed by atoms with Crippen molar-refractivity contribution in [2.75, 3.05) is 19.7 Å². The molecule has 14 heavy (non-hydrogen) atoms. The lowest BCUT2D eigenvalue weighted by atomic mass is 9.91. The molecule has 1 aromatic carbocycles. The molecular weight excluding hydrogens is 174 g/mol. The molecule has 1 atom stereocenters. The first-order valence-corrected chi connectivity index (χ1v) is 5.29. The molecule has 1 unspecified atom stereocenters. The first-order chi connectivity index (χ1) is 6.92. The van der Waals surface area contributed by atoms with Crippen LogP contribution in [0.3, 0.4) is 0 Å². The van der Waals surface area contributed by atoms with Crippen LogP contribution in [-0.2, 0) is 4.74 Å². The van der Waals surface area contributed by atoms with Crippen molar-refractivity contribution in [2.45, 2.75) is 13.0 Å². The Balaban J connectivity index is 2.09. The van der Waals surface area contributed by atoms with Crippen molar-refractivity contribution < 1.29 is 4.74 Å². The Kier molecular flexibility index (Phi) is 3.17. The number of hydrogen-bond donors (Lipinski definition) is 1. The van der Waals surface area contributed by atoms with E-state index >= 15 is 0 Å². The smallest absolute Gasteiger partial charge is 0.0877 e. The van der Waals surface area contributed by atoms with Gasteiger partial charge in [0.25, 0.3) is 0 Å². The summed E-state index contributed by atoms with van der Waals surface area (Å²) in [6.07, 6.45) is 0.280. The summed E-state index contributed by atoms with van der Waals surface area (Å²) in [5.74, 6) is 0.650. The first-order valence-electron chi connectivity index (χ1n) is 5.29. The van der Waals surface area contributed by atoms with Crippen molar-refractivity contribution in [3.8, 4) is 0 Å². The highest BCUT2D eigenvalue weighted by atomic mass is 16.5. The zero-order valence-corrected chi connectivity index (χ0v) is 8.57. The molecule has 1 aromatic rings. The maximum absolute atomic E-state index is 5.79. The van der Waals surface area contributed by atoms with Crippen molar-refractivity contribution >= 4 is 0 Å². The van der Waals surface area contributed by atoms with Gasteiger partial charge < -0.3 is 10.1 Å². The highest BCUT2D eigenvalue weighted by Crippen LogP contribution is 2.28. The summed E-state index contributed by atoms with van der Waals surface area (Å²) < 4.78 is 5.79. The average molecular weight is 191 g/mol. The quantitative estimate of drug-likeness (QED) is 0.785. The lowest BCUT2D eigenvalue weighted by Gasteiger charge is -2.34. The van der Waals surface area contributed by atoms with E-state index in [1.54, 1.807) is 0 Å². The molecule has 2 nitrogen and oxygen atoms in total. The number of nitrogens with one attached hydrogen (secondary N) is 1. The molecule has 1 saturated heterocycles. The number of hydrogen-bond acceptors (Lipinski definition) is 2. The van der Waals surface area contributed by atoms with Gasteiger partial charge in [0.2, 0.25) is 0 Å². The van der Waals surface area contributed by atoms with Crippen molar-refractivity contribution in [2.24, 2.45) is 5.92 Å². The van der Waals surface area contributed by atoms with E-state index in [-0.39, 0.29) is 6.10 Å². The Bertz CT molecular complexity index is 269. The molecule has 1 aliphatic rings. The molecule has 2 rings (SSSR count). The molecule has 0 bridgehead atoms. The fourth-order valence-electron chi connectivity index (χ4n) is 1.85. The highest BCUT2D eigenvalue weighted by molar-refractivity contribution is 5.19. The fraction of sp³-hybridized carbons (Fsp3) is 0.500. The van der Waals surface area contributed by atoms with Crippen molar-refractivity contribution in [3.05, 3.63) is 35.9 Å². The van der Waals surface area contributed by atoms with E-state index in [2.05, 4.69) is 36.5 Å². The summed E-state index contributed by atoms with van der Waals surface area (Å²) in [6, 6.07) is 10.5. The standard InChI is InChI=1S/C12H17NO/c1-2-14-12(11-8-13-9-11)10-6-4-3-5-7-10/h3-7,11-13H,2,8-9H2,1H3. The summed E-state index contributed by atoms with van der Waals surface area (Å²) in [5.41, 5.74) is 1.31. The van der Waals surface area contributed by atoms with Gasteiger partial charge in [0.15, 0.2) is 0 Å². The van der Waals surface area contributed by atoms with Crippen molar-refractivity contribution in [1.29, 1.82) is 0 Å². The van der Waals surface area contributed by atoms with Gasteiger partial charge in [0.05, 0.1) is 6.10 Å². The minimum absolute atomic E-state index is 0.280. The Hall–Kier alpha value is -0.860. The molecule has 0 aliphatic carbocycles. The van der Waals surface area contributed by atoms with Crippen LogP contribution in [0.2, 0.25) is 0 Å². The number of rotatable bonds is 4. The lowest BCUT2D eigenvalue weighted by molar-refractivity contribution is 0.000435. The van der Waals surface area contributed by atoms with Crippen LogP contribution in [0.5, 0.6) is 0 Å². The minimum Gasteiger partial charge on any atom is -0.373 e. The van der Waals surface area contributed by atoms with Gasteiger partial charge in [-0.3, -0.25) is 0 Å². The highest BCUT2D eigenvalue weighted by Gasteiger charge is 2.28. The molecule has 1 fully saturated rings. The molecule has 0 amide bonds. The van der Waals surface area contributed by atoms with E-state index in [0.29, 0.717) is 5.92 Å². The molecular formula is C12H17NO. The Labute approximate surface area is 85.3 Å². The second-order valence-corrected chi connectivity index (χ2v) is 3.70. The molecule has 1 N–H and O–H groups in total.